The van der Waals surface area contributed by atoms with Crippen LogP contribution in [0.1, 0.15) is 15.9 Å². The number of aromatic amines is 1. The highest BCUT2D eigenvalue weighted by Crippen LogP contribution is 2.40. The first-order valence-corrected chi connectivity index (χ1v) is 8.85. The molecule has 4 rings (SSSR count). The number of aromatic nitrogens is 3. The van der Waals surface area contributed by atoms with E-state index >= 15 is 0 Å². The predicted octanol–water partition coefficient (Wildman–Crippen LogP) is 2.38. The smallest absolute Gasteiger partial charge is 0.357 e. The molecule has 0 spiro atoms. The molecule has 12 heteroatoms. The first-order chi connectivity index (χ1) is 14.8. The van der Waals surface area contributed by atoms with Gasteiger partial charge in [-0.05, 0) is 12.1 Å². The van der Waals surface area contributed by atoms with Crippen LogP contribution in [-0.4, -0.2) is 54.5 Å². The quantitative estimate of drug-likeness (QED) is 0.551. The topological polar surface area (TPSA) is 119 Å². The van der Waals surface area contributed by atoms with Gasteiger partial charge in [0, 0.05) is 11.1 Å². The van der Waals surface area contributed by atoms with E-state index in [1.807, 2.05) is 0 Å². The van der Waals surface area contributed by atoms with Gasteiger partial charge in [0.05, 0.1) is 0 Å². The van der Waals surface area contributed by atoms with Crippen molar-refractivity contribution in [1.82, 2.24) is 20.2 Å². The molecule has 2 heterocycles. The van der Waals surface area contributed by atoms with Crippen LogP contribution in [0.4, 0.5) is 19.1 Å². The Kier molecular flexibility index (Phi) is 4.99. The van der Waals surface area contributed by atoms with Gasteiger partial charge in [-0.3, -0.25) is 4.79 Å². The van der Waals surface area contributed by atoms with E-state index in [9.17, 15) is 23.1 Å². The summed E-state index contributed by atoms with van der Waals surface area (Å²) in [7, 11) is 0. The van der Waals surface area contributed by atoms with Crippen LogP contribution >= 0.6 is 0 Å². The summed E-state index contributed by atoms with van der Waals surface area (Å²) in [5, 5.41) is 24.4. The van der Waals surface area contributed by atoms with Crippen molar-refractivity contribution in [2.75, 3.05) is 5.43 Å². The Morgan fingerprint density at radius 1 is 1.10 bits per heavy atom. The second-order valence-electron chi connectivity index (χ2n) is 6.37. The molecule has 1 amide bonds. The molecule has 3 N–H and O–H groups in total. The third-order valence-corrected chi connectivity index (χ3v) is 4.41. The zero-order valence-electron chi connectivity index (χ0n) is 15.6. The molecule has 0 fully saturated rings. The fraction of sp³-hybridized carbons (Fsp3) is 0.105. The molecule has 9 nitrogen and oxygen atoms in total. The van der Waals surface area contributed by atoms with E-state index in [0.717, 1.165) is 6.33 Å². The maximum Gasteiger partial charge on any atom is 0.445 e. The molecule has 2 aromatic carbocycles. The van der Waals surface area contributed by atoms with E-state index in [0.29, 0.717) is 0 Å². The number of nitrogens with zero attached hydrogens (tertiary/aromatic N) is 5. The van der Waals surface area contributed by atoms with E-state index in [1.165, 1.54) is 36.4 Å². The monoisotopic (exact) mass is 429 g/mol. The van der Waals surface area contributed by atoms with Crippen LogP contribution < -0.4 is 5.43 Å². The molecule has 1 aromatic heterocycles. The van der Waals surface area contributed by atoms with Crippen molar-refractivity contribution in [1.29, 1.82) is 0 Å². The summed E-state index contributed by atoms with van der Waals surface area (Å²) in [6.07, 6.45) is -4.22. The van der Waals surface area contributed by atoms with Crippen LogP contribution in [0.5, 0.6) is 0 Å². The number of anilines is 1. The second kappa shape index (κ2) is 7.65. The zero-order chi connectivity index (χ0) is 22.1. The second-order valence-corrected chi connectivity index (χ2v) is 6.37. The van der Waals surface area contributed by atoms with Gasteiger partial charge < -0.3 is 5.11 Å². The lowest BCUT2D eigenvalue weighted by atomic mass is 9.98. The maximum absolute atomic E-state index is 14.2. The Hall–Kier alpha value is -4.06. The van der Waals surface area contributed by atoms with Crippen LogP contribution in [0.3, 0.4) is 0 Å². The van der Waals surface area contributed by atoms with Gasteiger partial charge in [-0.1, -0.05) is 48.5 Å². The third-order valence-electron chi connectivity index (χ3n) is 4.41. The van der Waals surface area contributed by atoms with E-state index < -0.39 is 23.5 Å². The van der Waals surface area contributed by atoms with E-state index in [1.54, 1.807) is 24.3 Å². The largest absolute Gasteiger partial charge is 0.445 e. The number of halogens is 3. The summed E-state index contributed by atoms with van der Waals surface area (Å²) in [4.78, 5) is 16.6. The van der Waals surface area contributed by atoms with Gasteiger partial charge in [-0.2, -0.15) is 38.5 Å². The van der Waals surface area contributed by atoms with E-state index in [-0.39, 0.29) is 27.8 Å². The summed E-state index contributed by atoms with van der Waals surface area (Å²) in [6, 6.07) is 15.0. The molecule has 0 saturated carbocycles. The Morgan fingerprint density at radius 2 is 1.74 bits per heavy atom. The minimum atomic E-state index is -5.33. The molecule has 0 bridgehead atoms. The summed E-state index contributed by atoms with van der Waals surface area (Å²) in [6.45, 7) is 0. The Balaban J connectivity index is 1.88. The van der Waals surface area contributed by atoms with Gasteiger partial charge in [0.25, 0.3) is 5.91 Å². The maximum atomic E-state index is 14.2. The standard InChI is InChI=1S/C19H14F3N7O2/c20-19(21,22)18(31)15(25-27-17-23-11-24-26-17)14(12-7-3-1-4-8-12)28-29(18)16(30)13-9-5-2-6-10-13/h1-11,31H,(H2,23,24,26,27)/b25-15-. The highest BCUT2D eigenvalue weighted by Gasteiger charge is 2.68. The number of alkyl halides is 3. The summed E-state index contributed by atoms with van der Waals surface area (Å²) in [5.74, 6) is -1.23. The number of carbonyl (C=O) groups excluding carboxylic acids is 1. The number of aliphatic hydroxyl groups is 1. The molecule has 1 aliphatic heterocycles. The van der Waals surface area contributed by atoms with Gasteiger partial charge in [-0.25, -0.2) is 10.5 Å². The predicted molar refractivity (Wildman–Crippen MR) is 104 cm³/mol. The van der Waals surface area contributed by atoms with Gasteiger partial charge in [0.15, 0.2) is 5.71 Å². The first kappa shape index (κ1) is 20.2. The average Bonchev–Trinajstić information content (AvgIpc) is 3.39. The lowest BCUT2D eigenvalue weighted by molar-refractivity contribution is -0.268. The normalized spacial score (nSPS) is 20.1. The number of hydrogen-bond donors (Lipinski definition) is 3. The number of rotatable bonds is 4. The minimum absolute atomic E-state index is 0.00837. The Morgan fingerprint density at radius 3 is 2.32 bits per heavy atom. The number of nitrogens with one attached hydrogen (secondary N) is 2. The van der Waals surface area contributed by atoms with Crippen molar-refractivity contribution in [3.63, 3.8) is 0 Å². The molecule has 0 radical (unpaired) electrons. The van der Waals surface area contributed by atoms with Crippen molar-refractivity contribution in [2.45, 2.75) is 11.9 Å². The van der Waals surface area contributed by atoms with Crippen molar-refractivity contribution >= 4 is 23.3 Å². The molecular weight excluding hydrogens is 415 g/mol. The third kappa shape index (κ3) is 3.53. The van der Waals surface area contributed by atoms with Crippen molar-refractivity contribution in [2.24, 2.45) is 10.2 Å². The number of carbonyl (C=O) groups is 1. The Bertz CT molecular complexity index is 1130. The van der Waals surface area contributed by atoms with Crippen molar-refractivity contribution in [3.8, 4) is 0 Å². The molecule has 158 valence electrons. The van der Waals surface area contributed by atoms with E-state index in [2.05, 4.69) is 30.8 Å². The van der Waals surface area contributed by atoms with Crippen LogP contribution in [0, 0.1) is 0 Å². The van der Waals surface area contributed by atoms with Crippen molar-refractivity contribution in [3.05, 3.63) is 78.1 Å². The lowest BCUT2D eigenvalue weighted by Gasteiger charge is -2.32. The van der Waals surface area contributed by atoms with E-state index in [4.69, 9.17) is 0 Å². The minimum Gasteiger partial charge on any atom is -0.357 e. The summed E-state index contributed by atoms with van der Waals surface area (Å²) in [5.41, 5.74) is -2.70. The number of amides is 1. The number of hydrogen-bond acceptors (Lipinski definition) is 7. The highest BCUT2D eigenvalue weighted by atomic mass is 19.4. The van der Waals surface area contributed by atoms with Crippen LogP contribution in [0.25, 0.3) is 0 Å². The average molecular weight is 429 g/mol. The SMILES string of the molecule is O=C(c1ccccc1)N1N=C(c2ccccc2)/C(=N/Nc2ncn[nH]2)C1(O)C(F)(F)F. The molecular formula is C19H14F3N7O2. The zero-order valence-corrected chi connectivity index (χ0v) is 15.6. The van der Waals surface area contributed by atoms with Gasteiger partial charge in [0.2, 0.25) is 5.95 Å². The first-order valence-electron chi connectivity index (χ1n) is 8.85. The molecule has 31 heavy (non-hydrogen) atoms. The lowest BCUT2D eigenvalue weighted by Crippen LogP contribution is -2.62. The van der Waals surface area contributed by atoms with Gasteiger partial charge in [0.1, 0.15) is 12.0 Å². The Labute approximate surface area is 172 Å². The highest BCUT2D eigenvalue weighted by molar-refractivity contribution is 6.52. The molecule has 3 aromatic rings. The molecule has 1 atom stereocenters. The summed E-state index contributed by atoms with van der Waals surface area (Å²) >= 11 is 0. The molecule has 1 aliphatic rings. The fourth-order valence-electron chi connectivity index (χ4n) is 2.92. The van der Waals surface area contributed by atoms with Crippen LogP contribution in [0.2, 0.25) is 0 Å². The number of H-pyrrole nitrogens is 1. The van der Waals surface area contributed by atoms with Gasteiger partial charge >= 0.3 is 11.9 Å². The number of benzene rings is 2. The fourth-order valence-corrected chi connectivity index (χ4v) is 2.92. The molecule has 1 unspecified atom stereocenters. The number of hydrazone groups is 2. The van der Waals surface area contributed by atoms with Gasteiger partial charge in [-0.15, -0.1) is 0 Å². The van der Waals surface area contributed by atoms with Crippen LogP contribution in [0.15, 0.2) is 77.2 Å². The molecule has 0 saturated heterocycles. The molecule has 0 aliphatic carbocycles. The van der Waals surface area contributed by atoms with Crippen molar-refractivity contribution < 1.29 is 23.1 Å². The summed E-state index contributed by atoms with van der Waals surface area (Å²) < 4.78 is 42.6. The van der Waals surface area contributed by atoms with Crippen LogP contribution in [-0.2, 0) is 0 Å².